The molecule has 16 heavy (non-hydrogen) atoms. The summed E-state index contributed by atoms with van der Waals surface area (Å²) in [7, 11) is -1.81. The third-order valence-electron chi connectivity index (χ3n) is 2.39. The Bertz CT molecular complexity index is 437. The summed E-state index contributed by atoms with van der Waals surface area (Å²) in [5.74, 6) is 1.09. The molecule has 0 bridgehead atoms. The van der Waals surface area contributed by atoms with E-state index in [0.717, 1.165) is 6.42 Å². The third kappa shape index (κ3) is 3.05. The monoisotopic (exact) mass is 245 g/mol. The van der Waals surface area contributed by atoms with Gasteiger partial charge in [0.2, 0.25) is 0 Å². The van der Waals surface area contributed by atoms with Gasteiger partial charge in [-0.3, -0.25) is 0 Å². The van der Waals surface area contributed by atoms with Crippen LogP contribution in [0.15, 0.2) is 11.2 Å². The third-order valence-corrected chi connectivity index (χ3v) is 4.16. The van der Waals surface area contributed by atoms with Gasteiger partial charge >= 0.3 is 0 Å². The van der Waals surface area contributed by atoms with E-state index in [1.54, 1.807) is 14.0 Å². The molecule has 1 rings (SSSR count). The maximum atomic E-state index is 12.0. The minimum atomic E-state index is -3.40. The molecule has 0 saturated heterocycles. The second-order valence-electron chi connectivity index (χ2n) is 4.34. The smallest absolute Gasteiger partial charge is 0.259 e. The lowest BCUT2D eigenvalue weighted by Crippen LogP contribution is -2.29. The second kappa shape index (κ2) is 4.97. The summed E-state index contributed by atoms with van der Waals surface area (Å²) in [6.45, 7) is 6.40. The van der Waals surface area contributed by atoms with Gasteiger partial charge in [-0.25, -0.2) is 13.4 Å². The van der Waals surface area contributed by atoms with Gasteiger partial charge in [0.15, 0.2) is 5.03 Å². The first-order chi connectivity index (χ1) is 7.34. The number of aromatic nitrogens is 2. The molecule has 0 saturated carbocycles. The van der Waals surface area contributed by atoms with Crippen LogP contribution in [0.1, 0.15) is 26.1 Å². The molecule has 1 heterocycles. The molecular formula is C10H19N3O2S. The van der Waals surface area contributed by atoms with Gasteiger partial charge < -0.3 is 4.98 Å². The maximum Gasteiger partial charge on any atom is 0.259 e. The van der Waals surface area contributed by atoms with Crippen molar-refractivity contribution >= 4 is 10.0 Å². The van der Waals surface area contributed by atoms with Crippen LogP contribution in [0.5, 0.6) is 0 Å². The molecule has 1 N–H and O–H groups in total. The van der Waals surface area contributed by atoms with E-state index in [2.05, 4.69) is 23.8 Å². The summed E-state index contributed by atoms with van der Waals surface area (Å²) in [5.41, 5.74) is 0. The van der Waals surface area contributed by atoms with Crippen molar-refractivity contribution < 1.29 is 8.42 Å². The zero-order valence-electron chi connectivity index (χ0n) is 10.2. The van der Waals surface area contributed by atoms with Gasteiger partial charge in [0.1, 0.15) is 5.82 Å². The van der Waals surface area contributed by atoms with Crippen LogP contribution in [0.4, 0.5) is 0 Å². The van der Waals surface area contributed by atoms with Gasteiger partial charge in [-0.2, -0.15) is 4.31 Å². The fourth-order valence-electron chi connectivity index (χ4n) is 1.26. The molecule has 92 valence electrons. The number of hydrogen-bond donors (Lipinski definition) is 1. The number of rotatable bonds is 5. The second-order valence-corrected chi connectivity index (χ2v) is 6.36. The Morgan fingerprint density at radius 3 is 2.56 bits per heavy atom. The predicted molar refractivity (Wildman–Crippen MR) is 62.6 cm³/mol. The van der Waals surface area contributed by atoms with Crippen LogP contribution in [0.25, 0.3) is 0 Å². The Morgan fingerprint density at radius 2 is 2.12 bits per heavy atom. The van der Waals surface area contributed by atoms with E-state index in [0.29, 0.717) is 18.3 Å². The van der Waals surface area contributed by atoms with Crippen LogP contribution < -0.4 is 0 Å². The van der Waals surface area contributed by atoms with E-state index in [1.807, 2.05) is 0 Å². The summed E-state index contributed by atoms with van der Waals surface area (Å²) in [6, 6.07) is 0. The van der Waals surface area contributed by atoms with Crippen molar-refractivity contribution in [3.05, 3.63) is 12.0 Å². The summed E-state index contributed by atoms with van der Waals surface area (Å²) in [4.78, 5) is 6.64. The molecule has 0 amide bonds. The van der Waals surface area contributed by atoms with Gasteiger partial charge in [0, 0.05) is 13.6 Å². The minimum Gasteiger partial charge on any atom is -0.332 e. The van der Waals surface area contributed by atoms with E-state index < -0.39 is 10.0 Å². The van der Waals surface area contributed by atoms with Crippen molar-refractivity contribution in [2.24, 2.45) is 5.92 Å². The van der Waals surface area contributed by atoms with Crippen molar-refractivity contribution in [2.45, 2.75) is 32.2 Å². The number of aryl methyl sites for hydroxylation is 1. The molecule has 0 aromatic carbocycles. The highest BCUT2D eigenvalue weighted by atomic mass is 32.2. The van der Waals surface area contributed by atoms with Gasteiger partial charge in [0.25, 0.3) is 10.0 Å². The van der Waals surface area contributed by atoms with Gasteiger partial charge in [0.05, 0.1) is 6.20 Å². The Hall–Kier alpha value is -0.880. The van der Waals surface area contributed by atoms with Gasteiger partial charge in [-0.1, -0.05) is 13.8 Å². The maximum absolute atomic E-state index is 12.0. The van der Waals surface area contributed by atoms with Crippen molar-refractivity contribution in [1.82, 2.24) is 14.3 Å². The first-order valence-electron chi connectivity index (χ1n) is 5.32. The average molecular weight is 245 g/mol. The fourth-order valence-corrected chi connectivity index (χ4v) is 2.40. The van der Waals surface area contributed by atoms with Crippen LogP contribution in [0.2, 0.25) is 0 Å². The lowest BCUT2D eigenvalue weighted by molar-refractivity contribution is 0.426. The minimum absolute atomic E-state index is 0.163. The van der Waals surface area contributed by atoms with Crippen molar-refractivity contribution in [3.8, 4) is 0 Å². The Labute approximate surface area is 96.9 Å². The standard InChI is InChI=1S/C10H19N3O2S/c1-8(2)5-6-13(4)16(14,15)10-7-11-9(3)12-10/h7-8H,5-6H2,1-4H3,(H,11,12). The zero-order valence-corrected chi connectivity index (χ0v) is 11.0. The van der Waals surface area contributed by atoms with Crippen LogP contribution in [-0.2, 0) is 10.0 Å². The molecule has 1 aromatic rings. The van der Waals surface area contributed by atoms with Gasteiger partial charge in [-0.05, 0) is 19.3 Å². The van der Waals surface area contributed by atoms with Crippen molar-refractivity contribution in [3.63, 3.8) is 0 Å². The van der Waals surface area contributed by atoms with Crippen LogP contribution in [-0.4, -0.2) is 36.3 Å². The summed E-state index contributed by atoms with van der Waals surface area (Å²) in [5, 5.41) is 0.163. The van der Waals surface area contributed by atoms with E-state index >= 15 is 0 Å². The molecule has 6 heteroatoms. The SMILES string of the molecule is Cc1ncc(S(=O)(=O)N(C)CCC(C)C)[nH]1. The fraction of sp³-hybridized carbons (Fsp3) is 0.700. The number of nitrogens with one attached hydrogen (secondary N) is 1. The number of nitrogens with zero attached hydrogens (tertiary/aromatic N) is 2. The van der Waals surface area contributed by atoms with Crippen molar-refractivity contribution in [2.75, 3.05) is 13.6 Å². The Kier molecular flexibility index (Phi) is 4.09. The molecule has 0 aliphatic heterocycles. The average Bonchev–Trinajstić information content (AvgIpc) is 2.61. The lowest BCUT2D eigenvalue weighted by Gasteiger charge is -2.16. The number of aromatic amines is 1. The van der Waals surface area contributed by atoms with E-state index in [-0.39, 0.29) is 5.03 Å². The molecule has 0 fully saturated rings. The van der Waals surface area contributed by atoms with Gasteiger partial charge in [-0.15, -0.1) is 0 Å². The largest absolute Gasteiger partial charge is 0.332 e. The molecule has 1 aromatic heterocycles. The number of H-pyrrole nitrogens is 1. The normalized spacial score (nSPS) is 12.6. The topological polar surface area (TPSA) is 66.1 Å². The Morgan fingerprint density at radius 1 is 1.50 bits per heavy atom. The molecule has 5 nitrogen and oxygen atoms in total. The summed E-state index contributed by atoms with van der Waals surface area (Å²) >= 11 is 0. The number of imidazole rings is 1. The highest BCUT2D eigenvalue weighted by Crippen LogP contribution is 2.13. The van der Waals surface area contributed by atoms with E-state index in [4.69, 9.17) is 0 Å². The molecular weight excluding hydrogens is 226 g/mol. The Balaban J connectivity index is 2.78. The molecule has 0 aliphatic rings. The molecule has 0 spiro atoms. The molecule has 0 radical (unpaired) electrons. The highest BCUT2D eigenvalue weighted by molar-refractivity contribution is 7.89. The quantitative estimate of drug-likeness (QED) is 0.852. The van der Waals surface area contributed by atoms with E-state index in [9.17, 15) is 8.42 Å². The van der Waals surface area contributed by atoms with E-state index in [1.165, 1.54) is 10.5 Å². The first kappa shape index (κ1) is 13.2. The lowest BCUT2D eigenvalue weighted by atomic mass is 10.1. The van der Waals surface area contributed by atoms with Crippen LogP contribution >= 0.6 is 0 Å². The number of sulfonamides is 1. The highest BCUT2D eigenvalue weighted by Gasteiger charge is 2.22. The zero-order chi connectivity index (χ0) is 12.3. The molecule has 0 unspecified atom stereocenters. The molecule has 0 aliphatic carbocycles. The summed E-state index contributed by atoms with van der Waals surface area (Å²) in [6.07, 6.45) is 2.21. The van der Waals surface area contributed by atoms with Crippen molar-refractivity contribution in [1.29, 1.82) is 0 Å². The van der Waals surface area contributed by atoms with Crippen LogP contribution in [0, 0.1) is 12.8 Å². The predicted octanol–water partition coefficient (Wildman–Crippen LogP) is 1.38. The van der Waals surface area contributed by atoms with Crippen LogP contribution in [0.3, 0.4) is 0 Å². The molecule has 0 atom stereocenters. The first-order valence-corrected chi connectivity index (χ1v) is 6.76. The number of hydrogen-bond acceptors (Lipinski definition) is 3. The summed E-state index contributed by atoms with van der Waals surface area (Å²) < 4.78 is 25.4.